The minimum Gasteiger partial charge on any atom is -0.380 e. The second-order valence-electron chi connectivity index (χ2n) is 3.77. The molecule has 0 saturated carbocycles. The van der Waals surface area contributed by atoms with Crippen molar-refractivity contribution in [1.82, 2.24) is 9.78 Å². The van der Waals surface area contributed by atoms with Gasteiger partial charge in [-0.2, -0.15) is 5.10 Å². The Balaban J connectivity index is 1.76. The van der Waals surface area contributed by atoms with E-state index < -0.39 is 0 Å². The molecule has 1 aromatic rings. The molecule has 0 amide bonds. The summed E-state index contributed by atoms with van der Waals surface area (Å²) in [7, 11) is 1.92. The third-order valence-corrected chi connectivity index (χ3v) is 2.51. The van der Waals surface area contributed by atoms with Crippen LogP contribution in [-0.2, 0) is 11.8 Å². The summed E-state index contributed by atoms with van der Waals surface area (Å²) in [6.45, 7) is 1.81. The number of hydrogen-bond acceptors (Lipinski definition) is 3. The number of aryl methyl sites for hydroxylation is 1. The van der Waals surface area contributed by atoms with Gasteiger partial charge in [0.15, 0.2) is 0 Å². The molecule has 1 aliphatic rings. The van der Waals surface area contributed by atoms with Gasteiger partial charge in [0, 0.05) is 26.4 Å². The van der Waals surface area contributed by atoms with Gasteiger partial charge in [0.1, 0.15) is 0 Å². The van der Waals surface area contributed by atoms with E-state index in [0.29, 0.717) is 6.10 Å². The van der Waals surface area contributed by atoms with Crippen molar-refractivity contribution in [2.45, 2.75) is 25.4 Å². The van der Waals surface area contributed by atoms with E-state index in [1.54, 1.807) is 4.68 Å². The van der Waals surface area contributed by atoms with Gasteiger partial charge in [-0.1, -0.05) is 0 Å². The molecule has 1 atom stereocenters. The van der Waals surface area contributed by atoms with Crippen LogP contribution in [0.3, 0.4) is 0 Å². The van der Waals surface area contributed by atoms with Gasteiger partial charge in [0.25, 0.3) is 0 Å². The standard InChI is InChI=1S/C10H17N3O/c1-13-8-9(6-12-13)11-7-10-4-2-3-5-14-10/h6,8,10-11H,2-5,7H2,1H3. The lowest BCUT2D eigenvalue weighted by molar-refractivity contribution is 0.0247. The molecule has 0 aromatic carbocycles. The van der Waals surface area contributed by atoms with Gasteiger partial charge in [-0.15, -0.1) is 0 Å². The minimum atomic E-state index is 0.379. The number of hydrogen-bond donors (Lipinski definition) is 1. The van der Waals surface area contributed by atoms with Crippen LogP contribution in [0.25, 0.3) is 0 Å². The average molecular weight is 195 g/mol. The first kappa shape index (κ1) is 9.52. The molecule has 4 nitrogen and oxygen atoms in total. The second kappa shape index (κ2) is 4.46. The highest BCUT2D eigenvalue weighted by Crippen LogP contribution is 2.13. The Kier molecular flexibility index (Phi) is 3.03. The van der Waals surface area contributed by atoms with E-state index in [1.165, 1.54) is 19.3 Å². The Morgan fingerprint density at radius 3 is 3.21 bits per heavy atom. The molecular weight excluding hydrogens is 178 g/mol. The Hall–Kier alpha value is -1.03. The monoisotopic (exact) mass is 195 g/mol. The van der Waals surface area contributed by atoms with Crippen molar-refractivity contribution >= 4 is 5.69 Å². The van der Waals surface area contributed by atoms with Crippen LogP contribution in [-0.4, -0.2) is 29.0 Å². The summed E-state index contributed by atoms with van der Waals surface area (Å²) < 4.78 is 7.41. The molecule has 0 radical (unpaired) electrons. The van der Waals surface area contributed by atoms with Crippen molar-refractivity contribution in [2.24, 2.45) is 7.05 Å². The van der Waals surface area contributed by atoms with Crippen molar-refractivity contribution in [2.75, 3.05) is 18.5 Å². The number of aromatic nitrogens is 2. The van der Waals surface area contributed by atoms with E-state index in [1.807, 2.05) is 19.4 Å². The maximum atomic E-state index is 5.62. The van der Waals surface area contributed by atoms with Crippen LogP contribution in [0.15, 0.2) is 12.4 Å². The summed E-state index contributed by atoms with van der Waals surface area (Å²) in [5.74, 6) is 0. The summed E-state index contributed by atoms with van der Waals surface area (Å²) in [5, 5.41) is 7.42. The maximum absolute atomic E-state index is 5.62. The van der Waals surface area contributed by atoms with Crippen LogP contribution in [0.5, 0.6) is 0 Å². The van der Waals surface area contributed by atoms with E-state index in [-0.39, 0.29) is 0 Å². The van der Waals surface area contributed by atoms with Gasteiger partial charge in [-0.25, -0.2) is 0 Å². The molecule has 2 rings (SSSR count). The normalized spacial score (nSPS) is 22.2. The summed E-state index contributed by atoms with van der Waals surface area (Å²) >= 11 is 0. The Bertz CT molecular complexity index is 279. The van der Waals surface area contributed by atoms with Crippen LogP contribution >= 0.6 is 0 Å². The molecule has 1 saturated heterocycles. The lowest BCUT2D eigenvalue weighted by atomic mass is 10.1. The molecule has 0 spiro atoms. The predicted octanol–water partition coefficient (Wildman–Crippen LogP) is 1.40. The zero-order valence-corrected chi connectivity index (χ0v) is 8.57. The molecule has 1 aromatic heterocycles. The SMILES string of the molecule is Cn1cc(NCC2CCCCO2)cn1. The predicted molar refractivity (Wildman–Crippen MR) is 55.3 cm³/mol. The van der Waals surface area contributed by atoms with Crippen LogP contribution in [0.1, 0.15) is 19.3 Å². The van der Waals surface area contributed by atoms with Crippen molar-refractivity contribution in [3.8, 4) is 0 Å². The fraction of sp³-hybridized carbons (Fsp3) is 0.700. The molecule has 78 valence electrons. The van der Waals surface area contributed by atoms with E-state index >= 15 is 0 Å². The number of ether oxygens (including phenoxy) is 1. The van der Waals surface area contributed by atoms with Crippen LogP contribution in [0.4, 0.5) is 5.69 Å². The smallest absolute Gasteiger partial charge is 0.0747 e. The molecule has 1 unspecified atom stereocenters. The first-order valence-electron chi connectivity index (χ1n) is 5.19. The summed E-state index contributed by atoms with van der Waals surface area (Å²) in [6.07, 6.45) is 7.87. The van der Waals surface area contributed by atoms with Gasteiger partial charge in [0.2, 0.25) is 0 Å². The molecule has 1 N–H and O–H groups in total. The highest BCUT2D eigenvalue weighted by molar-refractivity contribution is 5.37. The quantitative estimate of drug-likeness (QED) is 0.792. The molecule has 1 fully saturated rings. The van der Waals surface area contributed by atoms with E-state index in [9.17, 15) is 0 Å². The highest BCUT2D eigenvalue weighted by atomic mass is 16.5. The average Bonchev–Trinajstić information content (AvgIpc) is 2.63. The number of nitrogens with one attached hydrogen (secondary N) is 1. The minimum absolute atomic E-state index is 0.379. The van der Waals surface area contributed by atoms with Gasteiger partial charge in [-0.05, 0) is 19.3 Å². The molecule has 0 aliphatic carbocycles. The van der Waals surface area contributed by atoms with Crippen LogP contribution in [0, 0.1) is 0 Å². The molecular formula is C10H17N3O. The lowest BCUT2D eigenvalue weighted by Crippen LogP contribution is -2.26. The molecule has 0 bridgehead atoms. The van der Waals surface area contributed by atoms with Crippen molar-refractivity contribution in [1.29, 1.82) is 0 Å². The molecule has 2 heterocycles. The van der Waals surface area contributed by atoms with Gasteiger partial charge in [0.05, 0.1) is 18.0 Å². The van der Waals surface area contributed by atoms with Gasteiger partial charge < -0.3 is 10.1 Å². The zero-order chi connectivity index (χ0) is 9.80. The Morgan fingerprint density at radius 1 is 1.64 bits per heavy atom. The zero-order valence-electron chi connectivity index (χ0n) is 8.57. The fourth-order valence-corrected chi connectivity index (χ4v) is 1.71. The van der Waals surface area contributed by atoms with Crippen molar-refractivity contribution in [3.05, 3.63) is 12.4 Å². The van der Waals surface area contributed by atoms with E-state index in [4.69, 9.17) is 4.74 Å². The van der Waals surface area contributed by atoms with Gasteiger partial charge in [-0.3, -0.25) is 4.68 Å². The maximum Gasteiger partial charge on any atom is 0.0747 e. The summed E-state index contributed by atoms with van der Waals surface area (Å²) in [5.41, 5.74) is 1.07. The van der Waals surface area contributed by atoms with Gasteiger partial charge >= 0.3 is 0 Å². The summed E-state index contributed by atoms with van der Waals surface area (Å²) in [4.78, 5) is 0. The highest BCUT2D eigenvalue weighted by Gasteiger charge is 2.13. The second-order valence-corrected chi connectivity index (χ2v) is 3.77. The van der Waals surface area contributed by atoms with Crippen LogP contribution < -0.4 is 5.32 Å². The van der Waals surface area contributed by atoms with Crippen LogP contribution in [0.2, 0.25) is 0 Å². The largest absolute Gasteiger partial charge is 0.380 e. The third kappa shape index (κ3) is 2.48. The third-order valence-electron chi connectivity index (χ3n) is 2.51. The number of rotatable bonds is 3. The first-order valence-corrected chi connectivity index (χ1v) is 5.19. The number of anilines is 1. The van der Waals surface area contributed by atoms with E-state index in [2.05, 4.69) is 10.4 Å². The number of nitrogens with zero attached hydrogens (tertiary/aromatic N) is 2. The molecule has 4 heteroatoms. The summed E-state index contributed by atoms with van der Waals surface area (Å²) in [6, 6.07) is 0. The topological polar surface area (TPSA) is 39.1 Å². The lowest BCUT2D eigenvalue weighted by Gasteiger charge is -2.22. The van der Waals surface area contributed by atoms with Crippen molar-refractivity contribution < 1.29 is 4.74 Å². The Morgan fingerprint density at radius 2 is 2.57 bits per heavy atom. The first-order chi connectivity index (χ1) is 6.84. The fourth-order valence-electron chi connectivity index (χ4n) is 1.71. The molecule has 1 aliphatic heterocycles. The molecule has 14 heavy (non-hydrogen) atoms. The van der Waals surface area contributed by atoms with Crippen molar-refractivity contribution in [3.63, 3.8) is 0 Å². The van der Waals surface area contributed by atoms with E-state index in [0.717, 1.165) is 18.8 Å². The Labute approximate surface area is 84.3 Å².